The van der Waals surface area contributed by atoms with Gasteiger partial charge in [0.15, 0.2) is 0 Å². The van der Waals surface area contributed by atoms with Gasteiger partial charge in [-0.05, 0) is 51.2 Å². The van der Waals surface area contributed by atoms with Crippen molar-refractivity contribution in [2.75, 3.05) is 13.2 Å². The Hall–Kier alpha value is -1.81. The Kier molecular flexibility index (Phi) is 5.83. The summed E-state index contributed by atoms with van der Waals surface area (Å²) < 4.78 is 12.3. The zero-order valence-corrected chi connectivity index (χ0v) is 15.2. The van der Waals surface area contributed by atoms with Crippen molar-refractivity contribution >= 4 is 22.2 Å². The van der Waals surface area contributed by atoms with Gasteiger partial charge >= 0.3 is 0 Å². The molecular weight excluding hydrogens is 356 g/mol. The summed E-state index contributed by atoms with van der Waals surface area (Å²) in [5, 5.41) is 0. The Bertz CT molecular complexity index is 675. The normalized spacial score (nSPS) is 11.1. The smallest absolute Gasteiger partial charge is 0.150 e. The van der Waals surface area contributed by atoms with Gasteiger partial charge in [0.2, 0.25) is 0 Å². The van der Waals surface area contributed by atoms with Crippen molar-refractivity contribution in [2.45, 2.75) is 26.2 Å². The van der Waals surface area contributed by atoms with E-state index in [0.29, 0.717) is 24.5 Å². The number of hydrogen-bond acceptors (Lipinski definition) is 3. The Morgan fingerprint density at radius 3 is 2.26 bits per heavy atom. The second-order valence-electron chi connectivity index (χ2n) is 6.25. The molecule has 3 nitrogen and oxygen atoms in total. The first-order valence-corrected chi connectivity index (χ1v) is 8.31. The number of hydrogen-bond donors (Lipinski definition) is 0. The molecule has 23 heavy (non-hydrogen) atoms. The molecule has 4 heteroatoms. The summed E-state index contributed by atoms with van der Waals surface area (Å²) >= 11 is 3.40. The Morgan fingerprint density at radius 2 is 1.65 bits per heavy atom. The summed E-state index contributed by atoms with van der Waals surface area (Å²) in [4.78, 5) is 10.7. The Morgan fingerprint density at radius 1 is 1.00 bits per heavy atom. The largest absolute Gasteiger partial charge is 0.490 e. The van der Waals surface area contributed by atoms with E-state index in [1.165, 1.54) is 5.56 Å². The summed E-state index contributed by atoms with van der Waals surface area (Å²) in [7, 11) is 0. The van der Waals surface area contributed by atoms with E-state index in [1.807, 2.05) is 18.2 Å². The van der Waals surface area contributed by atoms with Crippen LogP contribution >= 0.6 is 15.9 Å². The average Bonchev–Trinajstić information content (AvgIpc) is 2.52. The maximum Gasteiger partial charge on any atom is 0.150 e. The SMILES string of the molecule is CC(C)(C)c1ccccc1OCCOc1ccc(C=O)cc1Br. The first-order valence-electron chi connectivity index (χ1n) is 7.51. The van der Waals surface area contributed by atoms with E-state index >= 15 is 0 Å². The molecule has 0 aliphatic carbocycles. The van der Waals surface area contributed by atoms with Crippen LogP contribution < -0.4 is 9.47 Å². The van der Waals surface area contributed by atoms with E-state index < -0.39 is 0 Å². The summed E-state index contributed by atoms with van der Waals surface area (Å²) in [6, 6.07) is 13.3. The molecule has 0 saturated heterocycles. The highest BCUT2D eigenvalue weighted by Gasteiger charge is 2.18. The van der Waals surface area contributed by atoms with E-state index in [-0.39, 0.29) is 5.41 Å². The number of carbonyl (C=O) groups is 1. The van der Waals surface area contributed by atoms with Crippen molar-refractivity contribution in [1.29, 1.82) is 0 Å². The van der Waals surface area contributed by atoms with Crippen molar-refractivity contribution < 1.29 is 14.3 Å². The zero-order valence-electron chi connectivity index (χ0n) is 13.6. The molecule has 0 spiro atoms. The maximum absolute atomic E-state index is 10.7. The van der Waals surface area contributed by atoms with Crippen LogP contribution in [0.5, 0.6) is 11.5 Å². The molecule has 0 saturated carbocycles. The highest BCUT2D eigenvalue weighted by atomic mass is 79.9. The fourth-order valence-corrected chi connectivity index (χ4v) is 2.73. The molecule has 0 amide bonds. The molecule has 0 N–H and O–H groups in total. The first kappa shape index (κ1) is 17.5. The number of aldehydes is 1. The van der Waals surface area contributed by atoms with Crippen LogP contribution in [-0.2, 0) is 5.41 Å². The van der Waals surface area contributed by atoms with Crippen molar-refractivity contribution in [1.82, 2.24) is 0 Å². The van der Waals surface area contributed by atoms with E-state index in [1.54, 1.807) is 18.2 Å². The maximum atomic E-state index is 10.7. The minimum absolute atomic E-state index is 0.0329. The standard InChI is InChI=1S/C19H21BrO3/c1-19(2,3)15-6-4-5-7-17(15)22-10-11-23-18-9-8-14(13-21)12-16(18)20/h4-9,12-13H,10-11H2,1-3H3. The van der Waals surface area contributed by atoms with Crippen LogP contribution in [0.15, 0.2) is 46.9 Å². The monoisotopic (exact) mass is 376 g/mol. The first-order chi connectivity index (χ1) is 10.9. The van der Waals surface area contributed by atoms with E-state index in [9.17, 15) is 4.79 Å². The fourth-order valence-electron chi connectivity index (χ4n) is 2.22. The minimum atomic E-state index is 0.0329. The van der Waals surface area contributed by atoms with Crippen molar-refractivity contribution in [3.63, 3.8) is 0 Å². The summed E-state index contributed by atoms with van der Waals surface area (Å²) in [6.07, 6.45) is 0.807. The number of para-hydroxylation sites is 1. The number of ether oxygens (including phenoxy) is 2. The van der Waals surface area contributed by atoms with Crippen LogP contribution in [0.4, 0.5) is 0 Å². The van der Waals surface area contributed by atoms with Gasteiger partial charge in [0.25, 0.3) is 0 Å². The number of benzene rings is 2. The van der Waals surface area contributed by atoms with E-state index in [4.69, 9.17) is 9.47 Å². The number of halogens is 1. The van der Waals surface area contributed by atoms with Gasteiger partial charge in [0.1, 0.15) is 31.0 Å². The summed E-state index contributed by atoms with van der Waals surface area (Å²) in [5.41, 5.74) is 1.82. The third kappa shape index (κ3) is 4.83. The molecule has 0 atom stereocenters. The zero-order chi connectivity index (χ0) is 16.9. The molecular formula is C19H21BrO3. The van der Waals surface area contributed by atoms with Gasteiger partial charge in [-0.15, -0.1) is 0 Å². The molecule has 0 aliphatic rings. The number of carbonyl (C=O) groups excluding carboxylic acids is 1. The second kappa shape index (κ2) is 7.64. The molecule has 0 radical (unpaired) electrons. The molecule has 0 aromatic heterocycles. The lowest BCUT2D eigenvalue weighted by Crippen LogP contribution is -2.15. The van der Waals surface area contributed by atoms with Gasteiger partial charge in [-0.2, -0.15) is 0 Å². The van der Waals surface area contributed by atoms with Crippen LogP contribution in [0.2, 0.25) is 0 Å². The summed E-state index contributed by atoms with van der Waals surface area (Å²) in [5.74, 6) is 1.59. The molecule has 0 fully saturated rings. The fraction of sp³-hybridized carbons (Fsp3) is 0.316. The molecule has 0 aliphatic heterocycles. The molecule has 0 unspecified atom stereocenters. The van der Waals surface area contributed by atoms with Gasteiger partial charge < -0.3 is 9.47 Å². The third-order valence-corrected chi connectivity index (χ3v) is 4.01. The molecule has 2 aromatic carbocycles. The lowest BCUT2D eigenvalue weighted by molar-refractivity contribution is 0.112. The predicted molar refractivity (Wildman–Crippen MR) is 95.7 cm³/mol. The van der Waals surface area contributed by atoms with Gasteiger partial charge in [0.05, 0.1) is 4.47 Å². The molecule has 2 aromatic rings. The Balaban J connectivity index is 1.93. The van der Waals surface area contributed by atoms with Gasteiger partial charge in [-0.1, -0.05) is 39.0 Å². The van der Waals surface area contributed by atoms with Crippen LogP contribution in [-0.4, -0.2) is 19.5 Å². The van der Waals surface area contributed by atoms with E-state index in [0.717, 1.165) is 16.5 Å². The highest BCUT2D eigenvalue weighted by Crippen LogP contribution is 2.31. The predicted octanol–water partition coefficient (Wildman–Crippen LogP) is 5.02. The average molecular weight is 377 g/mol. The van der Waals surface area contributed by atoms with Gasteiger partial charge in [0, 0.05) is 5.56 Å². The van der Waals surface area contributed by atoms with Crippen LogP contribution in [0, 0.1) is 0 Å². The number of rotatable bonds is 6. The van der Waals surface area contributed by atoms with Crippen molar-refractivity contribution in [3.05, 3.63) is 58.1 Å². The third-order valence-electron chi connectivity index (χ3n) is 3.39. The quantitative estimate of drug-likeness (QED) is 0.524. The molecule has 0 bridgehead atoms. The van der Waals surface area contributed by atoms with Crippen molar-refractivity contribution in [3.8, 4) is 11.5 Å². The van der Waals surface area contributed by atoms with Crippen molar-refractivity contribution in [2.24, 2.45) is 0 Å². The highest BCUT2D eigenvalue weighted by molar-refractivity contribution is 9.10. The van der Waals surface area contributed by atoms with Gasteiger partial charge in [-0.25, -0.2) is 0 Å². The molecule has 0 heterocycles. The second-order valence-corrected chi connectivity index (χ2v) is 7.11. The lowest BCUT2D eigenvalue weighted by atomic mass is 9.86. The summed E-state index contributed by atoms with van der Waals surface area (Å²) in [6.45, 7) is 7.37. The molecule has 2 rings (SSSR count). The van der Waals surface area contributed by atoms with Crippen LogP contribution in [0.3, 0.4) is 0 Å². The van der Waals surface area contributed by atoms with E-state index in [2.05, 4.69) is 42.8 Å². The molecule has 122 valence electrons. The lowest BCUT2D eigenvalue weighted by Gasteiger charge is -2.22. The van der Waals surface area contributed by atoms with Crippen LogP contribution in [0.1, 0.15) is 36.7 Å². The Labute approximate surface area is 145 Å². The van der Waals surface area contributed by atoms with Gasteiger partial charge in [-0.3, -0.25) is 4.79 Å². The minimum Gasteiger partial charge on any atom is -0.490 e. The topological polar surface area (TPSA) is 35.5 Å². The van der Waals surface area contributed by atoms with Crippen LogP contribution in [0.25, 0.3) is 0 Å².